The Bertz CT molecular complexity index is 1910. The number of nitrogens with zero attached hydrogens (tertiary/aromatic N) is 1. The topological polar surface area (TPSA) is 127 Å². The molecule has 0 saturated heterocycles. The van der Waals surface area contributed by atoms with Gasteiger partial charge in [0.05, 0.1) is 0 Å². The number of hydrogen-bond donors (Lipinski definition) is 4. The molecule has 0 aliphatic heterocycles. The minimum Gasteiger partial charge on any atom is -0.504 e. The third-order valence-corrected chi connectivity index (χ3v) is 8.90. The van der Waals surface area contributed by atoms with Crippen LogP contribution in [0.2, 0.25) is 0 Å². The van der Waals surface area contributed by atoms with E-state index in [4.69, 9.17) is 0 Å². The number of anilines is 1. The minimum absolute atomic E-state index is 0.111. The maximum absolute atomic E-state index is 13.8. The number of amides is 1. The van der Waals surface area contributed by atoms with E-state index >= 15 is 0 Å². The highest BCUT2D eigenvalue weighted by Gasteiger charge is 2.27. The number of fused-ring (bicyclic) bond motifs is 1. The molecule has 0 aromatic heterocycles. The number of carbonyl (C=O) groups is 1. The maximum Gasteiger partial charge on any atom is 0.265 e. The van der Waals surface area contributed by atoms with Gasteiger partial charge in [-0.1, -0.05) is 86.6 Å². The number of carbonyl (C=O) groups excluding carboxylic acids is 1. The highest BCUT2D eigenvalue weighted by Crippen LogP contribution is 2.45. The quantitative estimate of drug-likeness (QED) is 0.129. The first-order chi connectivity index (χ1) is 21.0. The number of phenolic OH excluding ortho intramolecular Hbond substituents is 3. The van der Waals surface area contributed by atoms with Crippen LogP contribution in [-0.4, -0.2) is 41.1 Å². The molecule has 226 valence electrons. The summed E-state index contributed by atoms with van der Waals surface area (Å²) >= 11 is 0. The molecule has 0 unspecified atom stereocenters. The van der Waals surface area contributed by atoms with Crippen molar-refractivity contribution in [2.75, 3.05) is 11.3 Å². The minimum atomic E-state index is -4.33. The lowest BCUT2D eigenvalue weighted by molar-refractivity contribution is 0.0745. The smallest absolute Gasteiger partial charge is 0.265 e. The normalized spacial score (nSPS) is 11.5. The lowest BCUT2D eigenvalue weighted by Gasteiger charge is -2.23. The Hall–Kier alpha value is -5.02. The van der Waals surface area contributed by atoms with Crippen molar-refractivity contribution < 1.29 is 28.5 Å². The zero-order chi connectivity index (χ0) is 31.4. The summed E-state index contributed by atoms with van der Waals surface area (Å²) in [7, 11) is -4.33. The van der Waals surface area contributed by atoms with Gasteiger partial charge < -0.3 is 20.2 Å². The molecule has 4 N–H and O–H groups in total. The summed E-state index contributed by atoms with van der Waals surface area (Å²) in [6.07, 6.45) is 0.712. The van der Waals surface area contributed by atoms with Crippen LogP contribution in [0.3, 0.4) is 0 Å². The highest BCUT2D eigenvalue weighted by atomic mass is 32.2. The standard InChI is InChI=1S/C35H34N2O6S/c1-23(2)30-21-31(33(39)34(40)32(30)38)44(42,43)36-29-16-15-26-19-28(14-13-27(26)20-29)35(41)37(22-25-11-7-4-8-12-25)18-17-24-9-5-3-6-10-24/h3-16,19-21,23,36,38-40H,17-18,22H2,1-2H3. The maximum atomic E-state index is 13.8. The van der Waals surface area contributed by atoms with Gasteiger partial charge in [-0.15, -0.1) is 0 Å². The number of hydrogen-bond acceptors (Lipinski definition) is 6. The number of aromatic hydroxyl groups is 3. The Balaban J connectivity index is 1.39. The van der Waals surface area contributed by atoms with Gasteiger partial charge in [0.15, 0.2) is 11.5 Å². The van der Waals surface area contributed by atoms with Crippen molar-refractivity contribution in [3.8, 4) is 17.2 Å². The van der Waals surface area contributed by atoms with Crippen LogP contribution in [0, 0.1) is 0 Å². The highest BCUT2D eigenvalue weighted by molar-refractivity contribution is 7.92. The number of phenols is 3. The van der Waals surface area contributed by atoms with Gasteiger partial charge in [-0.25, -0.2) is 8.42 Å². The van der Waals surface area contributed by atoms with Crippen molar-refractivity contribution in [3.63, 3.8) is 0 Å². The SMILES string of the molecule is CC(C)c1cc(S(=O)(=O)Nc2ccc3cc(C(=O)N(CCc4ccccc4)Cc4ccccc4)ccc3c2)c(O)c(O)c1O. The van der Waals surface area contributed by atoms with Gasteiger partial charge in [-0.3, -0.25) is 9.52 Å². The predicted molar refractivity (Wildman–Crippen MR) is 172 cm³/mol. The third-order valence-electron chi connectivity index (χ3n) is 7.51. The van der Waals surface area contributed by atoms with Gasteiger partial charge in [-0.2, -0.15) is 0 Å². The second-order valence-corrected chi connectivity index (χ2v) is 12.6. The van der Waals surface area contributed by atoms with Crippen LogP contribution in [0.5, 0.6) is 17.2 Å². The van der Waals surface area contributed by atoms with Crippen LogP contribution in [0.15, 0.2) is 108 Å². The lowest BCUT2D eigenvalue weighted by Crippen LogP contribution is -2.32. The van der Waals surface area contributed by atoms with Crippen LogP contribution in [0.1, 0.15) is 46.8 Å². The molecule has 0 aliphatic carbocycles. The molecule has 8 nitrogen and oxygen atoms in total. The summed E-state index contributed by atoms with van der Waals surface area (Å²) < 4.78 is 28.9. The molecule has 0 heterocycles. The number of benzene rings is 5. The summed E-state index contributed by atoms with van der Waals surface area (Å²) in [5.41, 5.74) is 3.09. The number of sulfonamides is 1. The second kappa shape index (κ2) is 12.7. The Kier molecular flexibility index (Phi) is 8.78. The van der Waals surface area contributed by atoms with Gasteiger partial charge >= 0.3 is 0 Å². The zero-order valence-electron chi connectivity index (χ0n) is 24.4. The molecule has 0 saturated carbocycles. The van der Waals surface area contributed by atoms with Gasteiger partial charge in [0.1, 0.15) is 4.90 Å². The van der Waals surface area contributed by atoms with Gasteiger partial charge in [0.25, 0.3) is 15.9 Å². The van der Waals surface area contributed by atoms with E-state index < -0.39 is 32.2 Å². The fourth-order valence-corrected chi connectivity index (χ4v) is 6.27. The molecule has 5 aromatic carbocycles. The first-order valence-corrected chi connectivity index (χ1v) is 15.7. The van der Waals surface area contributed by atoms with Gasteiger partial charge in [0.2, 0.25) is 5.75 Å². The fourth-order valence-electron chi connectivity index (χ4n) is 5.09. The molecular formula is C35H34N2O6S. The van der Waals surface area contributed by atoms with Crippen molar-refractivity contribution in [3.05, 3.63) is 125 Å². The third kappa shape index (κ3) is 6.63. The van der Waals surface area contributed by atoms with Crippen molar-refractivity contribution in [1.29, 1.82) is 0 Å². The summed E-state index contributed by atoms with van der Waals surface area (Å²) in [4.78, 5) is 15.0. The van der Waals surface area contributed by atoms with Gasteiger partial charge in [0, 0.05) is 29.9 Å². The molecule has 0 spiro atoms. The van der Waals surface area contributed by atoms with E-state index in [2.05, 4.69) is 4.72 Å². The molecule has 44 heavy (non-hydrogen) atoms. The van der Waals surface area contributed by atoms with Crippen LogP contribution in [0.4, 0.5) is 5.69 Å². The van der Waals surface area contributed by atoms with E-state index in [1.54, 1.807) is 50.2 Å². The molecule has 0 radical (unpaired) electrons. The van der Waals surface area contributed by atoms with Crippen LogP contribution < -0.4 is 4.72 Å². The molecule has 0 aliphatic rings. The Morgan fingerprint density at radius 2 is 1.36 bits per heavy atom. The average molecular weight is 611 g/mol. The second-order valence-electron chi connectivity index (χ2n) is 11.0. The fraction of sp³-hybridized carbons (Fsp3) is 0.171. The van der Waals surface area contributed by atoms with Crippen molar-refractivity contribution in [2.24, 2.45) is 0 Å². The first kappa shape index (κ1) is 30.4. The van der Waals surface area contributed by atoms with E-state index in [0.717, 1.165) is 22.6 Å². The van der Waals surface area contributed by atoms with Crippen LogP contribution in [0.25, 0.3) is 10.8 Å². The molecule has 9 heteroatoms. The average Bonchev–Trinajstić information content (AvgIpc) is 3.02. The zero-order valence-corrected chi connectivity index (χ0v) is 25.3. The molecule has 5 aromatic rings. The van der Waals surface area contributed by atoms with E-state index in [9.17, 15) is 28.5 Å². The monoisotopic (exact) mass is 610 g/mol. The number of rotatable bonds is 10. The van der Waals surface area contributed by atoms with E-state index in [0.29, 0.717) is 30.5 Å². The molecular weight excluding hydrogens is 576 g/mol. The largest absolute Gasteiger partial charge is 0.504 e. The summed E-state index contributed by atoms with van der Waals surface area (Å²) in [6, 6.07) is 31.2. The summed E-state index contributed by atoms with van der Waals surface area (Å²) in [5, 5.41) is 32.1. The molecule has 0 bridgehead atoms. The Labute approximate surface area is 256 Å². The number of nitrogens with one attached hydrogen (secondary N) is 1. The summed E-state index contributed by atoms with van der Waals surface area (Å²) in [6.45, 7) is 4.45. The van der Waals surface area contributed by atoms with Crippen LogP contribution in [-0.2, 0) is 23.0 Å². The summed E-state index contributed by atoms with van der Waals surface area (Å²) in [5.74, 6) is -2.81. The van der Waals surface area contributed by atoms with Gasteiger partial charge in [-0.05, 0) is 64.6 Å². The molecule has 0 atom stereocenters. The van der Waals surface area contributed by atoms with E-state index in [1.165, 1.54) is 0 Å². The van der Waals surface area contributed by atoms with Crippen molar-refractivity contribution in [1.82, 2.24) is 4.90 Å². The molecule has 5 rings (SSSR count). The van der Waals surface area contributed by atoms with E-state index in [-0.39, 0.29) is 23.1 Å². The Morgan fingerprint density at radius 1 is 0.750 bits per heavy atom. The van der Waals surface area contributed by atoms with E-state index in [1.807, 2.05) is 65.6 Å². The van der Waals surface area contributed by atoms with Crippen LogP contribution >= 0.6 is 0 Å². The Morgan fingerprint density at radius 3 is 2.02 bits per heavy atom. The van der Waals surface area contributed by atoms with Crippen molar-refractivity contribution >= 4 is 32.4 Å². The molecule has 0 fully saturated rings. The molecule has 1 amide bonds. The first-order valence-electron chi connectivity index (χ1n) is 14.2. The lowest BCUT2D eigenvalue weighted by atomic mass is 10.0. The predicted octanol–water partition coefficient (Wildman–Crippen LogP) is 6.77. The van der Waals surface area contributed by atoms with Crippen molar-refractivity contribution in [2.45, 2.75) is 37.6 Å².